The number of rotatable bonds is 2. The Labute approximate surface area is 113 Å². The second-order valence-corrected chi connectivity index (χ2v) is 11.5. The first kappa shape index (κ1) is 14.7. The van der Waals surface area contributed by atoms with Crippen LogP contribution < -0.4 is 4.43 Å². The Bertz CT molecular complexity index is 401. The van der Waals surface area contributed by atoms with Crippen molar-refractivity contribution in [3.8, 4) is 5.75 Å². The van der Waals surface area contributed by atoms with E-state index in [2.05, 4.69) is 49.8 Å². The van der Waals surface area contributed by atoms with E-state index >= 15 is 0 Å². The fraction of sp³-hybridized carbons (Fsp3) is 0.538. The molecule has 1 aromatic rings. The molecule has 0 spiro atoms. The van der Waals surface area contributed by atoms with Crippen molar-refractivity contribution in [1.82, 2.24) is 0 Å². The molecule has 0 amide bonds. The maximum Gasteiger partial charge on any atom is 0.250 e. The van der Waals surface area contributed by atoms with Gasteiger partial charge in [-0.25, -0.2) is 4.39 Å². The highest BCUT2D eigenvalue weighted by atomic mass is 79.9. The number of halogens is 2. The van der Waals surface area contributed by atoms with Crippen LogP contribution in [0.2, 0.25) is 18.1 Å². The third-order valence-electron chi connectivity index (χ3n) is 3.36. The lowest BCUT2D eigenvalue weighted by Crippen LogP contribution is -2.44. The number of aryl methyl sites for hydroxylation is 1. The summed E-state index contributed by atoms with van der Waals surface area (Å²) in [4.78, 5) is 0. The van der Waals surface area contributed by atoms with Crippen LogP contribution >= 0.6 is 15.9 Å². The predicted molar refractivity (Wildman–Crippen MR) is 76.7 cm³/mol. The van der Waals surface area contributed by atoms with Gasteiger partial charge in [0, 0.05) is 0 Å². The van der Waals surface area contributed by atoms with Gasteiger partial charge < -0.3 is 4.43 Å². The summed E-state index contributed by atoms with van der Waals surface area (Å²) >= 11 is 3.37. The van der Waals surface area contributed by atoms with Crippen LogP contribution in [-0.2, 0) is 0 Å². The maximum absolute atomic E-state index is 13.2. The molecule has 0 aliphatic carbocycles. The van der Waals surface area contributed by atoms with Gasteiger partial charge in [0.15, 0.2) is 0 Å². The third kappa shape index (κ3) is 3.32. The van der Waals surface area contributed by atoms with Gasteiger partial charge in [-0.3, -0.25) is 0 Å². The minimum absolute atomic E-state index is 0.132. The predicted octanol–water partition coefficient (Wildman–Crippen LogP) is 5.28. The quantitative estimate of drug-likeness (QED) is 0.674. The van der Waals surface area contributed by atoms with Crippen LogP contribution in [-0.4, -0.2) is 8.32 Å². The summed E-state index contributed by atoms with van der Waals surface area (Å²) < 4.78 is 20.1. The molecule has 0 fully saturated rings. The molecule has 0 aromatic heterocycles. The molecule has 0 unspecified atom stereocenters. The first-order valence-corrected chi connectivity index (χ1v) is 9.39. The van der Waals surface area contributed by atoms with Gasteiger partial charge >= 0.3 is 0 Å². The van der Waals surface area contributed by atoms with E-state index in [1.807, 2.05) is 6.92 Å². The van der Waals surface area contributed by atoms with Crippen LogP contribution in [0.4, 0.5) is 4.39 Å². The summed E-state index contributed by atoms with van der Waals surface area (Å²) in [5, 5.41) is 0.132. The SMILES string of the molecule is Cc1cc(F)cc(Br)c1O[Si](C)(C)C(C)(C)C. The summed E-state index contributed by atoms with van der Waals surface area (Å²) in [6.45, 7) is 12.8. The average molecular weight is 319 g/mol. The highest BCUT2D eigenvalue weighted by Crippen LogP contribution is 2.40. The molecule has 0 atom stereocenters. The molecule has 0 saturated heterocycles. The van der Waals surface area contributed by atoms with Gasteiger partial charge in [-0.1, -0.05) is 20.8 Å². The Kier molecular flexibility index (Phi) is 4.09. The smallest absolute Gasteiger partial charge is 0.250 e. The van der Waals surface area contributed by atoms with Crippen LogP contribution in [0.5, 0.6) is 5.75 Å². The van der Waals surface area contributed by atoms with E-state index in [0.29, 0.717) is 4.47 Å². The summed E-state index contributed by atoms with van der Waals surface area (Å²) in [5.41, 5.74) is 0.835. The fourth-order valence-corrected chi connectivity index (χ4v) is 3.08. The van der Waals surface area contributed by atoms with Gasteiger partial charge in [0.1, 0.15) is 11.6 Å². The fourth-order valence-electron chi connectivity index (χ4n) is 1.23. The second-order valence-electron chi connectivity index (χ2n) is 5.90. The van der Waals surface area contributed by atoms with E-state index in [-0.39, 0.29) is 10.9 Å². The van der Waals surface area contributed by atoms with E-state index in [9.17, 15) is 4.39 Å². The minimum atomic E-state index is -1.88. The molecule has 0 radical (unpaired) electrons. The summed E-state index contributed by atoms with van der Waals surface area (Å²) in [7, 11) is -1.88. The zero-order valence-corrected chi connectivity index (χ0v) is 13.9. The largest absolute Gasteiger partial charge is 0.543 e. The Balaban J connectivity index is 3.13. The van der Waals surface area contributed by atoms with E-state index < -0.39 is 8.32 Å². The molecule has 4 heteroatoms. The van der Waals surface area contributed by atoms with E-state index in [1.54, 1.807) is 0 Å². The molecular formula is C13H20BrFOSi. The molecule has 1 nitrogen and oxygen atoms in total. The van der Waals surface area contributed by atoms with Crippen LogP contribution in [0.15, 0.2) is 16.6 Å². The van der Waals surface area contributed by atoms with Crippen LogP contribution in [0.1, 0.15) is 26.3 Å². The van der Waals surface area contributed by atoms with E-state index in [4.69, 9.17) is 4.43 Å². The Hall–Kier alpha value is -0.353. The molecule has 0 heterocycles. The van der Waals surface area contributed by atoms with Crippen molar-refractivity contribution >= 4 is 24.2 Å². The average Bonchev–Trinajstić information content (AvgIpc) is 2.09. The topological polar surface area (TPSA) is 9.23 Å². The van der Waals surface area contributed by atoms with Crippen molar-refractivity contribution in [2.45, 2.75) is 45.8 Å². The Morgan fingerprint density at radius 1 is 1.24 bits per heavy atom. The van der Waals surface area contributed by atoms with Crippen molar-refractivity contribution in [2.24, 2.45) is 0 Å². The Morgan fingerprint density at radius 2 is 1.76 bits per heavy atom. The molecule has 1 aromatic carbocycles. The zero-order chi connectivity index (χ0) is 13.4. The first-order valence-electron chi connectivity index (χ1n) is 5.69. The summed E-state index contributed by atoms with van der Waals surface area (Å²) in [6.07, 6.45) is 0. The molecule has 0 bridgehead atoms. The maximum atomic E-state index is 13.2. The number of benzene rings is 1. The molecule has 1 rings (SSSR count). The van der Waals surface area contributed by atoms with Gasteiger partial charge in [-0.05, 0) is 58.7 Å². The van der Waals surface area contributed by atoms with Crippen LogP contribution in [0.3, 0.4) is 0 Å². The van der Waals surface area contributed by atoms with Gasteiger partial charge in [-0.15, -0.1) is 0 Å². The van der Waals surface area contributed by atoms with Gasteiger partial charge in [0.05, 0.1) is 4.47 Å². The second kappa shape index (κ2) is 4.73. The highest BCUT2D eigenvalue weighted by molar-refractivity contribution is 9.10. The third-order valence-corrected chi connectivity index (χ3v) is 8.27. The van der Waals surface area contributed by atoms with E-state index in [0.717, 1.165) is 11.3 Å². The standard InChI is InChI=1S/C13H20BrFOSi/c1-9-7-10(15)8-11(14)12(9)16-17(5,6)13(2,3)4/h7-8H,1-6H3. The van der Waals surface area contributed by atoms with Crippen molar-refractivity contribution in [2.75, 3.05) is 0 Å². The lowest BCUT2D eigenvalue weighted by Gasteiger charge is -2.37. The summed E-state index contributed by atoms with van der Waals surface area (Å²) in [6, 6.07) is 2.96. The molecule has 0 N–H and O–H groups in total. The van der Waals surface area contributed by atoms with Crippen LogP contribution in [0, 0.1) is 12.7 Å². The van der Waals surface area contributed by atoms with Crippen LogP contribution in [0.25, 0.3) is 0 Å². The van der Waals surface area contributed by atoms with Crippen molar-refractivity contribution in [3.63, 3.8) is 0 Å². The van der Waals surface area contributed by atoms with Gasteiger partial charge in [-0.2, -0.15) is 0 Å². The zero-order valence-electron chi connectivity index (χ0n) is 11.3. The molecule has 17 heavy (non-hydrogen) atoms. The van der Waals surface area contributed by atoms with Gasteiger partial charge in [0.2, 0.25) is 0 Å². The monoisotopic (exact) mass is 318 g/mol. The molecular weight excluding hydrogens is 299 g/mol. The lowest BCUT2D eigenvalue weighted by molar-refractivity contribution is 0.484. The summed E-state index contributed by atoms with van der Waals surface area (Å²) in [5.74, 6) is 0.537. The molecule has 96 valence electrons. The lowest BCUT2D eigenvalue weighted by atomic mass is 10.2. The normalized spacial score (nSPS) is 12.7. The minimum Gasteiger partial charge on any atom is -0.543 e. The van der Waals surface area contributed by atoms with Crippen molar-refractivity contribution in [3.05, 3.63) is 28.0 Å². The molecule has 0 aliphatic heterocycles. The molecule has 0 aliphatic rings. The number of hydrogen-bond donors (Lipinski definition) is 0. The van der Waals surface area contributed by atoms with Crippen molar-refractivity contribution < 1.29 is 8.82 Å². The Morgan fingerprint density at radius 3 is 2.18 bits per heavy atom. The van der Waals surface area contributed by atoms with Crippen molar-refractivity contribution in [1.29, 1.82) is 0 Å². The van der Waals surface area contributed by atoms with Gasteiger partial charge in [0.25, 0.3) is 8.32 Å². The number of hydrogen-bond acceptors (Lipinski definition) is 1. The molecule has 0 saturated carbocycles. The van der Waals surface area contributed by atoms with E-state index in [1.165, 1.54) is 12.1 Å². The highest BCUT2D eigenvalue weighted by Gasteiger charge is 2.39. The first-order chi connectivity index (χ1) is 7.54.